The lowest BCUT2D eigenvalue weighted by atomic mass is 10.6. The molecule has 72 valence electrons. The molecule has 0 amide bonds. The monoisotopic (exact) mass is 197 g/mol. The highest BCUT2D eigenvalue weighted by atomic mass is 19.4. The van der Waals surface area contributed by atoms with Gasteiger partial charge in [0, 0.05) is 0 Å². The van der Waals surface area contributed by atoms with Gasteiger partial charge in [-0.2, -0.15) is 18.2 Å². The van der Waals surface area contributed by atoms with Crippen molar-refractivity contribution in [1.29, 1.82) is 0 Å². The van der Waals surface area contributed by atoms with Gasteiger partial charge in [0.25, 0.3) is 5.82 Å². The molecule has 0 spiro atoms. The average molecular weight is 197 g/mol. The van der Waals surface area contributed by atoms with E-state index >= 15 is 0 Å². The van der Waals surface area contributed by atoms with Crippen molar-refractivity contribution in [3.8, 4) is 0 Å². The lowest BCUT2D eigenvalue weighted by Gasteiger charge is -2.02. The summed E-state index contributed by atoms with van der Waals surface area (Å²) in [5.74, 6) is -2.62. The van der Waals surface area contributed by atoms with Crippen LogP contribution in [0.25, 0.3) is 0 Å². The van der Waals surface area contributed by atoms with Crippen LogP contribution in [0.1, 0.15) is 5.82 Å². The van der Waals surface area contributed by atoms with Gasteiger partial charge in [0.1, 0.15) is 0 Å². The molecule has 1 rings (SSSR count). The summed E-state index contributed by atoms with van der Waals surface area (Å²) in [6.45, 7) is 0. The molecular formula is C4H2F3N3O3. The van der Waals surface area contributed by atoms with Gasteiger partial charge in [0.05, 0.1) is 0 Å². The van der Waals surface area contributed by atoms with E-state index in [0.29, 0.717) is 0 Å². The molecule has 6 nitrogen and oxygen atoms in total. The molecule has 0 saturated carbocycles. The number of nitrogens with zero attached hydrogens (tertiary/aromatic N) is 2. The highest BCUT2D eigenvalue weighted by molar-refractivity contribution is 5.25. The molecule has 0 bridgehead atoms. The van der Waals surface area contributed by atoms with Gasteiger partial charge in [-0.15, -0.1) is 0 Å². The maximum Gasteiger partial charge on any atom is 0.455 e. The largest absolute Gasteiger partial charge is 0.455 e. The van der Waals surface area contributed by atoms with E-state index in [1.807, 2.05) is 0 Å². The minimum Gasteiger partial charge on any atom is -0.307 e. The molecule has 0 aliphatic carbocycles. The van der Waals surface area contributed by atoms with Gasteiger partial charge in [-0.05, 0) is 5.16 Å². The number of rotatable bonds is 1. The third-order valence-electron chi connectivity index (χ3n) is 0.986. The summed E-state index contributed by atoms with van der Waals surface area (Å²) >= 11 is 0. The number of aromatic nitrogens is 2. The van der Waals surface area contributed by atoms with Gasteiger partial charge in [-0.1, -0.05) is 0 Å². The predicted molar refractivity (Wildman–Crippen MR) is 31.0 cm³/mol. The van der Waals surface area contributed by atoms with E-state index in [2.05, 4.69) is 14.7 Å². The van der Waals surface area contributed by atoms with Crippen molar-refractivity contribution in [1.82, 2.24) is 10.1 Å². The minimum atomic E-state index is -4.83. The van der Waals surface area contributed by atoms with Crippen LogP contribution in [-0.4, -0.2) is 15.3 Å². The molecule has 0 fully saturated rings. The summed E-state index contributed by atoms with van der Waals surface area (Å²) in [5.41, 5.74) is -0.145. The van der Waals surface area contributed by atoms with E-state index < -0.39 is 23.4 Å². The molecule has 0 unspecified atom stereocenters. The molecule has 0 radical (unpaired) electrons. The number of hydrogen-bond acceptors (Lipinski definition) is 6. The SMILES string of the molecule is O=c1onc(C(F)(F)F)nc1NO. The molecule has 1 aromatic rings. The molecule has 0 atom stereocenters. The Morgan fingerprint density at radius 1 is 1.46 bits per heavy atom. The van der Waals surface area contributed by atoms with Crippen LogP contribution in [0, 0.1) is 0 Å². The van der Waals surface area contributed by atoms with E-state index in [1.165, 1.54) is 0 Å². The topological polar surface area (TPSA) is 88.2 Å². The molecule has 13 heavy (non-hydrogen) atoms. The summed E-state index contributed by atoms with van der Waals surface area (Å²) in [6, 6.07) is 0. The Morgan fingerprint density at radius 3 is 2.54 bits per heavy atom. The van der Waals surface area contributed by atoms with Gasteiger partial charge in [0.15, 0.2) is 0 Å². The zero-order chi connectivity index (χ0) is 10.1. The lowest BCUT2D eigenvalue weighted by Crippen LogP contribution is -2.18. The van der Waals surface area contributed by atoms with E-state index in [1.54, 1.807) is 0 Å². The lowest BCUT2D eigenvalue weighted by molar-refractivity contribution is -0.148. The van der Waals surface area contributed by atoms with Crippen molar-refractivity contribution in [3.63, 3.8) is 0 Å². The zero-order valence-electron chi connectivity index (χ0n) is 5.79. The molecule has 0 aromatic carbocycles. The number of alkyl halides is 3. The molecule has 0 saturated heterocycles. The van der Waals surface area contributed by atoms with Crippen molar-refractivity contribution >= 4 is 5.82 Å². The third-order valence-corrected chi connectivity index (χ3v) is 0.986. The number of nitrogens with one attached hydrogen (secondary N) is 1. The maximum atomic E-state index is 11.8. The molecule has 0 aliphatic heterocycles. The zero-order valence-corrected chi connectivity index (χ0v) is 5.79. The first-order valence-electron chi connectivity index (χ1n) is 2.80. The van der Waals surface area contributed by atoms with Gasteiger partial charge >= 0.3 is 11.8 Å². The van der Waals surface area contributed by atoms with Gasteiger partial charge < -0.3 is 4.52 Å². The summed E-state index contributed by atoms with van der Waals surface area (Å²) in [4.78, 5) is 13.1. The normalized spacial score (nSPS) is 11.4. The van der Waals surface area contributed by atoms with Crippen molar-refractivity contribution < 1.29 is 22.9 Å². The van der Waals surface area contributed by atoms with Gasteiger partial charge in [0.2, 0.25) is 5.82 Å². The summed E-state index contributed by atoms with van der Waals surface area (Å²) in [7, 11) is 0. The first-order valence-corrected chi connectivity index (χ1v) is 2.80. The molecule has 0 aliphatic rings. The fraction of sp³-hybridized carbons (Fsp3) is 0.250. The Hall–Kier alpha value is -1.64. The van der Waals surface area contributed by atoms with Crippen LogP contribution in [0.3, 0.4) is 0 Å². The maximum absolute atomic E-state index is 11.8. The molecule has 9 heteroatoms. The van der Waals surface area contributed by atoms with Crippen molar-refractivity contribution in [2.24, 2.45) is 0 Å². The molecule has 1 aromatic heterocycles. The second-order valence-electron chi connectivity index (χ2n) is 1.86. The predicted octanol–water partition coefficient (Wildman–Crippen LogP) is 0.250. The van der Waals surface area contributed by atoms with Crippen LogP contribution in [0.4, 0.5) is 19.0 Å². The van der Waals surface area contributed by atoms with Crippen LogP contribution < -0.4 is 11.1 Å². The van der Waals surface area contributed by atoms with E-state index in [-0.39, 0.29) is 0 Å². The summed E-state index contributed by atoms with van der Waals surface area (Å²) < 4.78 is 39.2. The Bertz CT molecular complexity index is 360. The fourth-order valence-electron chi connectivity index (χ4n) is 0.486. The van der Waals surface area contributed by atoms with Crippen molar-refractivity contribution in [3.05, 3.63) is 16.2 Å². The summed E-state index contributed by atoms with van der Waals surface area (Å²) in [5, 5.41) is 10.5. The van der Waals surface area contributed by atoms with Gasteiger partial charge in [-0.3, -0.25) is 5.21 Å². The first kappa shape index (κ1) is 9.45. The Balaban J connectivity index is 3.22. The quantitative estimate of drug-likeness (QED) is 0.627. The second-order valence-corrected chi connectivity index (χ2v) is 1.86. The number of anilines is 1. The summed E-state index contributed by atoms with van der Waals surface area (Å²) in [6.07, 6.45) is -4.83. The van der Waals surface area contributed by atoms with E-state index in [0.717, 1.165) is 5.48 Å². The number of halogens is 3. The fourth-order valence-corrected chi connectivity index (χ4v) is 0.486. The van der Waals surface area contributed by atoms with Crippen LogP contribution >= 0.6 is 0 Å². The average Bonchev–Trinajstić information content (AvgIpc) is 2.03. The third kappa shape index (κ3) is 1.93. The van der Waals surface area contributed by atoms with Crippen LogP contribution in [0.15, 0.2) is 9.32 Å². The second kappa shape index (κ2) is 3.01. The van der Waals surface area contributed by atoms with Crippen molar-refractivity contribution in [2.75, 3.05) is 5.48 Å². The Kier molecular flexibility index (Phi) is 2.19. The highest BCUT2D eigenvalue weighted by Crippen LogP contribution is 2.25. The molecule has 1 heterocycles. The van der Waals surface area contributed by atoms with Crippen LogP contribution in [0.5, 0.6) is 0 Å². The van der Waals surface area contributed by atoms with E-state index in [9.17, 15) is 18.0 Å². The molecular weight excluding hydrogens is 195 g/mol. The molecule has 2 N–H and O–H groups in total. The first-order chi connectivity index (χ1) is 5.95. The standard InChI is InChI=1S/C4H2F3N3O3/c5-4(6,7)3-8-1(9-12)2(11)13-10-3/h12H,(H,8,9,10). The van der Waals surface area contributed by atoms with E-state index in [4.69, 9.17) is 5.21 Å². The highest BCUT2D eigenvalue weighted by Gasteiger charge is 2.36. The van der Waals surface area contributed by atoms with Crippen LogP contribution in [0.2, 0.25) is 0 Å². The smallest absolute Gasteiger partial charge is 0.307 e. The van der Waals surface area contributed by atoms with Crippen molar-refractivity contribution in [2.45, 2.75) is 6.18 Å². The Labute approximate surface area is 67.9 Å². The van der Waals surface area contributed by atoms with Gasteiger partial charge in [-0.25, -0.2) is 10.3 Å². The van der Waals surface area contributed by atoms with Crippen LogP contribution in [-0.2, 0) is 6.18 Å². The Morgan fingerprint density at radius 2 is 2.08 bits per heavy atom. The minimum absolute atomic E-state index is 0.970. The number of hydrogen-bond donors (Lipinski definition) is 2.